The van der Waals surface area contributed by atoms with Gasteiger partial charge in [0.2, 0.25) is 0 Å². The molecule has 1 saturated heterocycles. The summed E-state index contributed by atoms with van der Waals surface area (Å²) in [6.45, 7) is 1.87. The van der Waals surface area contributed by atoms with E-state index in [1.807, 2.05) is 23.1 Å². The number of rotatable bonds is 2. The van der Waals surface area contributed by atoms with Gasteiger partial charge in [0.25, 0.3) is 5.91 Å². The van der Waals surface area contributed by atoms with Crippen LogP contribution in [0.15, 0.2) is 36.8 Å². The Labute approximate surface area is 134 Å². The maximum Gasteiger partial charge on any atom is 0.274 e. The Morgan fingerprint density at radius 2 is 2.04 bits per heavy atom. The van der Waals surface area contributed by atoms with E-state index < -0.39 is 0 Å². The summed E-state index contributed by atoms with van der Waals surface area (Å²) in [5, 5.41) is 0. The van der Waals surface area contributed by atoms with Crippen molar-refractivity contribution in [3.05, 3.63) is 48.0 Å². The van der Waals surface area contributed by atoms with Crippen LogP contribution in [0.25, 0.3) is 0 Å². The summed E-state index contributed by atoms with van der Waals surface area (Å²) in [5.41, 5.74) is 1.46. The van der Waals surface area contributed by atoms with E-state index in [9.17, 15) is 4.79 Å². The molecule has 1 aromatic carbocycles. The van der Waals surface area contributed by atoms with E-state index in [1.54, 1.807) is 12.4 Å². The molecule has 0 N–H and O–H groups in total. The fraction of sp³-hybridized carbons (Fsp3) is 0.353. The number of hydrogen-bond donors (Lipinski definition) is 0. The van der Waals surface area contributed by atoms with Gasteiger partial charge in [0.1, 0.15) is 18.9 Å². The first-order valence-corrected chi connectivity index (χ1v) is 7.79. The number of hydrogen-bond acceptors (Lipinski definition) is 5. The summed E-state index contributed by atoms with van der Waals surface area (Å²) in [6, 6.07) is 5.97. The van der Waals surface area contributed by atoms with Crippen molar-refractivity contribution in [2.45, 2.75) is 18.9 Å². The molecule has 2 aromatic rings. The van der Waals surface area contributed by atoms with Gasteiger partial charge >= 0.3 is 0 Å². The van der Waals surface area contributed by atoms with Crippen LogP contribution < -0.4 is 9.47 Å². The van der Waals surface area contributed by atoms with Crippen LogP contribution in [0.2, 0.25) is 0 Å². The van der Waals surface area contributed by atoms with Crippen LogP contribution in [0.1, 0.15) is 34.9 Å². The molecule has 6 heteroatoms. The van der Waals surface area contributed by atoms with E-state index in [0.717, 1.165) is 36.4 Å². The number of likely N-dealkylation sites (tertiary alicyclic amines) is 1. The zero-order valence-corrected chi connectivity index (χ0v) is 12.6. The van der Waals surface area contributed by atoms with Crippen LogP contribution in [0.3, 0.4) is 0 Å². The molecule has 23 heavy (non-hydrogen) atoms. The lowest BCUT2D eigenvalue weighted by atomic mass is 10.0. The van der Waals surface area contributed by atoms with Gasteiger partial charge in [0.15, 0.2) is 11.5 Å². The fourth-order valence-electron chi connectivity index (χ4n) is 3.18. The molecule has 1 unspecified atom stereocenters. The normalized spacial score (nSPS) is 19.7. The van der Waals surface area contributed by atoms with Crippen molar-refractivity contribution in [1.29, 1.82) is 0 Å². The lowest BCUT2D eigenvalue weighted by Gasteiger charge is -2.26. The van der Waals surface area contributed by atoms with Crippen LogP contribution in [-0.4, -0.2) is 40.5 Å². The molecule has 2 aliphatic heterocycles. The second-order valence-electron chi connectivity index (χ2n) is 5.65. The van der Waals surface area contributed by atoms with Crippen LogP contribution >= 0.6 is 0 Å². The number of ether oxygens (including phenoxy) is 2. The van der Waals surface area contributed by atoms with Gasteiger partial charge in [-0.25, -0.2) is 4.98 Å². The molecule has 118 valence electrons. The van der Waals surface area contributed by atoms with Gasteiger partial charge in [-0.3, -0.25) is 9.78 Å². The van der Waals surface area contributed by atoms with Crippen molar-refractivity contribution < 1.29 is 14.3 Å². The second-order valence-corrected chi connectivity index (χ2v) is 5.65. The SMILES string of the molecule is O=C(c1cnccn1)N1CCCC1c1ccc2c(c1)OCCO2. The number of fused-ring (bicyclic) bond motifs is 1. The highest BCUT2D eigenvalue weighted by Crippen LogP contribution is 2.38. The number of carbonyl (C=O) groups is 1. The molecule has 3 heterocycles. The minimum atomic E-state index is -0.0736. The summed E-state index contributed by atoms with van der Waals surface area (Å²) in [4.78, 5) is 22.7. The molecule has 4 rings (SSSR count). The number of amides is 1. The lowest BCUT2D eigenvalue weighted by Crippen LogP contribution is -2.31. The molecule has 1 fully saturated rings. The number of benzene rings is 1. The molecule has 2 aliphatic rings. The number of aromatic nitrogens is 2. The van der Waals surface area contributed by atoms with Gasteiger partial charge in [-0.2, -0.15) is 0 Å². The van der Waals surface area contributed by atoms with E-state index in [4.69, 9.17) is 9.47 Å². The Bertz CT molecular complexity index is 720. The van der Waals surface area contributed by atoms with E-state index in [-0.39, 0.29) is 11.9 Å². The summed E-state index contributed by atoms with van der Waals surface area (Å²) in [6.07, 6.45) is 6.54. The second kappa shape index (κ2) is 5.87. The van der Waals surface area contributed by atoms with Gasteiger partial charge in [0.05, 0.1) is 12.2 Å². The van der Waals surface area contributed by atoms with Crippen molar-refractivity contribution >= 4 is 5.91 Å². The van der Waals surface area contributed by atoms with Crippen LogP contribution in [-0.2, 0) is 0 Å². The zero-order valence-electron chi connectivity index (χ0n) is 12.6. The van der Waals surface area contributed by atoms with Gasteiger partial charge in [-0.15, -0.1) is 0 Å². The van der Waals surface area contributed by atoms with Gasteiger partial charge in [-0.1, -0.05) is 6.07 Å². The molecule has 1 aromatic heterocycles. The third-order valence-electron chi connectivity index (χ3n) is 4.25. The Morgan fingerprint density at radius 3 is 2.87 bits per heavy atom. The maximum absolute atomic E-state index is 12.7. The summed E-state index contributed by atoms with van der Waals surface area (Å²) in [5.74, 6) is 1.45. The van der Waals surface area contributed by atoms with Crippen molar-refractivity contribution in [2.75, 3.05) is 19.8 Å². The smallest absolute Gasteiger partial charge is 0.274 e. The molecule has 1 atom stereocenters. The lowest BCUT2D eigenvalue weighted by molar-refractivity contribution is 0.0728. The Kier molecular flexibility index (Phi) is 3.57. The third-order valence-corrected chi connectivity index (χ3v) is 4.25. The quantitative estimate of drug-likeness (QED) is 0.851. The minimum absolute atomic E-state index is 0.0420. The molecular formula is C17H17N3O3. The first-order valence-electron chi connectivity index (χ1n) is 7.79. The largest absolute Gasteiger partial charge is 0.486 e. The number of carbonyl (C=O) groups excluding carboxylic acids is 1. The molecule has 0 aliphatic carbocycles. The topological polar surface area (TPSA) is 64.6 Å². The van der Waals surface area contributed by atoms with Crippen LogP contribution in [0, 0.1) is 0 Å². The van der Waals surface area contributed by atoms with Gasteiger partial charge in [-0.05, 0) is 30.5 Å². The van der Waals surface area contributed by atoms with Crippen molar-refractivity contribution in [3.8, 4) is 11.5 Å². The van der Waals surface area contributed by atoms with Gasteiger partial charge in [0, 0.05) is 18.9 Å². The Hall–Kier alpha value is -2.63. The molecule has 0 saturated carbocycles. The van der Waals surface area contributed by atoms with E-state index in [0.29, 0.717) is 18.9 Å². The predicted octanol–water partition coefficient (Wildman–Crippen LogP) is 2.23. The highest BCUT2D eigenvalue weighted by Gasteiger charge is 2.32. The molecular weight excluding hydrogens is 294 g/mol. The van der Waals surface area contributed by atoms with Gasteiger partial charge < -0.3 is 14.4 Å². The third kappa shape index (κ3) is 2.60. The van der Waals surface area contributed by atoms with E-state index >= 15 is 0 Å². The summed E-state index contributed by atoms with van der Waals surface area (Å²) >= 11 is 0. The first-order chi connectivity index (χ1) is 11.3. The Morgan fingerprint density at radius 1 is 1.17 bits per heavy atom. The zero-order chi connectivity index (χ0) is 15.6. The molecule has 6 nitrogen and oxygen atoms in total. The highest BCUT2D eigenvalue weighted by molar-refractivity contribution is 5.92. The minimum Gasteiger partial charge on any atom is -0.486 e. The monoisotopic (exact) mass is 311 g/mol. The summed E-state index contributed by atoms with van der Waals surface area (Å²) in [7, 11) is 0. The van der Waals surface area contributed by atoms with E-state index in [1.165, 1.54) is 6.20 Å². The predicted molar refractivity (Wildman–Crippen MR) is 82.5 cm³/mol. The molecule has 0 radical (unpaired) electrons. The molecule has 1 amide bonds. The van der Waals surface area contributed by atoms with Crippen molar-refractivity contribution in [1.82, 2.24) is 14.9 Å². The maximum atomic E-state index is 12.7. The molecule has 0 bridgehead atoms. The van der Waals surface area contributed by atoms with E-state index in [2.05, 4.69) is 9.97 Å². The Balaban J connectivity index is 1.62. The first kappa shape index (κ1) is 14.0. The average molecular weight is 311 g/mol. The number of nitrogens with zero attached hydrogens (tertiary/aromatic N) is 3. The average Bonchev–Trinajstić information content (AvgIpc) is 3.11. The van der Waals surface area contributed by atoms with Crippen molar-refractivity contribution in [2.24, 2.45) is 0 Å². The fourth-order valence-corrected chi connectivity index (χ4v) is 3.18. The standard InChI is InChI=1S/C17H17N3O3/c21-17(13-11-18-5-6-19-13)20-7-1-2-14(20)12-3-4-15-16(10-12)23-9-8-22-15/h3-6,10-11,14H,1-2,7-9H2. The van der Waals surface area contributed by atoms with Crippen molar-refractivity contribution in [3.63, 3.8) is 0 Å². The molecule has 0 spiro atoms. The summed E-state index contributed by atoms with van der Waals surface area (Å²) < 4.78 is 11.2. The highest BCUT2D eigenvalue weighted by atomic mass is 16.6. The van der Waals surface area contributed by atoms with Crippen LogP contribution in [0.5, 0.6) is 11.5 Å². The van der Waals surface area contributed by atoms with Crippen LogP contribution in [0.4, 0.5) is 0 Å².